The molecule has 10 heteroatoms. The molecule has 2 aromatic rings. The zero-order valence-electron chi connectivity index (χ0n) is 20.0. The molecule has 0 aliphatic carbocycles. The van der Waals surface area contributed by atoms with Crippen LogP contribution in [0.3, 0.4) is 0 Å². The van der Waals surface area contributed by atoms with E-state index in [-0.39, 0.29) is 29.4 Å². The summed E-state index contributed by atoms with van der Waals surface area (Å²) >= 11 is 0. The van der Waals surface area contributed by atoms with Gasteiger partial charge in [-0.15, -0.1) is 0 Å². The summed E-state index contributed by atoms with van der Waals surface area (Å²) in [6.45, 7) is 3.97. The highest BCUT2D eigenvalue weighted by Crippen LogP contribution is 2.51. The Morgan fingerprint density at radius 1 is 0.629 bits per heavy atom. The van der Waals surface area contributed by atoms with Crippen LogP contribution < -0.4 is 10.6 Å². The number of rotatable bonds is 12. The topological polar surface area (TPSA) is 34.1 Å². The van der Waals surface area contributed by atoms with Gasteiger partial charge in [0.15, 0.2) is 0 Å². The maximum Gasteiger partial charge on any atom is 0.416 e. The molecule has 0 aliphatic rings. The number of benzene rings is 2. The van der Waals surface area contributed by atoms with Gasteiger partial charge in [-0.2, -0.15) is 26.3 Å². The summed E-state index contributed by atoms with van der Waals surface area (Å²) in [5.74, 6) is 0. The second-order valence-electron chi connectivity index (χ2n) is 8.85. The Kier molecular flexibility index (Phi) is 10.3. The molecule has 0 radical (unpaired) electrons. The minimum absolute atomic E-state index is 0.149. The highest BCUT2D eigenvalue weighted by atomic mass is 31.2. The Bertz CT molecular complexity index is 989. The lowest BCUT2D eigenvalue weighted by molar-refractivity contribution is -0.138. The zero-order valence-corrected chi connectivity index (χ0v) is 21.8. The van der Waals surface area contributed by atoms with Crippen LogP contribution in [0.2, 0.25) is 0 Å². The second kappa shape index (κ2) is 12.1. The molecule has 0 fully saturated rings. The summed E-state index contributed by atoms with van der Waals surface area (Å²) in [5.41, 5.74) is -2.03. The van der Waals surface area contributed by atoms with Gasteiger partial charge in [-0.05, 0) is 43.5 Å². The summed E-state index contributed by atoms with van der Waals surface area (Å²) in [6, 6.07) is 7.96. The molecule has 0 heterocycles. The van der Waals surface area contributed by atoms with Gasteiger partial charge in [-0.1, -0.05) is 51.0 Å². The predicted octanol–water partition coefficient (Wildman–Crippen LogP) is 8.39. The van der Waals surface area contributed by atoms with E-state index in [1.54, 1.807) is 0 Å². The fourth-order valence-electron chi connectivity index (χ4n) is 4.03. The maximum absolute atomic E-state index is 14.3. The molecule has 0 bridgehead atoms. The average Bonchev–Trinajstić information content (AvgIpc) is 2.80. The molecular formula is C25H32F6O2P2. The van der Waals surface area contributed by atoms with Crippen LogP contribution in [0.15, 0.2) is 48.5 Å². The van der Waals surface area contributed by atoms with Crippen LogP contribution in [0.5, 0.6) is 0 Å². The van der Waals surface area contributed by atoms with Gasteiger partial charge in [0.1, 0.15) is 7.14 Å². The summed E-state index contributed by atoms with van der Waals surface area (Å²) in [4.78, 5) is 0. The molecule has 0 amide bonds. The Morgan fingerprint density at radius 3 is 1.40 bits per heavy atom. The molecule has 0 saturated heterocycles. The van der Waals surface area contributed by atoms with Crippen molar-refractivity contribution in [2.45, 2.75) is 58.3 Å². The molecule has 0 aromatic heterocycles. The van der Waals surface area contributed by atoms with Crippen LogP contribution >= 0.6 is 14.3 Å². The van der Waals surface area contributed by atoms with Gasteiger partial charge in [0.05, 0.1) is 18.3 Å². The van der Waals surface area contributed by atoms with Crippen LogP contribution in [0.4, 0.5) is 26.3 Å². The Morgan fingerprint density at radius 2 is 1.03 bits per heavy atom. The first-order valence-corrected chi connectivity index (χ1v) is 15.9. The van der Waals surface area contributed by atoms with Crippen molar-refractivity contribution < 1.29 is 35.5 Å². The normalized spacial score (nSPS) is 13.3. The third kappa shape index (κ3) is 8.25. The zero-order chi connectivity index (χ0) is 26.3. The van der Waals surface area contributed by atoms with Gasteiger partial charge in [0.2, 0.25) is 0 Å². The molecule has 2 rings (SSSR count). The lowest BCUT2D eigenvalue weighted by Crippen LogP contribution is -2.22. The molecular weight excluding hydrogens is 508 g/mol. The van der Waals surface area contributed by atoms with E-state index in [9.17, 15) is 35.5 Å². The smallest absolute Gasteiger partial charge is 0.324 e. The van der Waals surface area contributed by atoms with E-state index < -0.39 is 37.8 Å². The van der Waals surface area contributed by atoms with Crippen molar-refractivity contribution in [2.75, 3.05) is 24.6 Å². The summed E-state index contributed by atoms with van der Waals surface area (Å²) in [7, 11) is -6.45. The quantitative estimate of drug-likeness (QED) is 0.200. The fourth-order valence-corrected chi connectivity index (χ4v) is 10.2. The Hall–Kier alpha value is -1.52. The van der Waals surface area contributed by atoms with E-state index in [2.05, 4.69) is 0 Å². The monoisotopic (exact) mass is 540 g/mol. The Balaban J connectivity index is 2.47. The summed E-state index contributed by atoms with van der Waals surface area (Å²) in [5, 5.41) is -0.299. The van der Waals surface area contributed by atoms with Crippen molar-refractivity contribution in [3.63, 3.8) is 0 Å². The standard InChI is InChI=1S/C25H32F6O2P2/c1-3-5-14-34(32,15-6-4-2)16-9-17-35(33,22-12-7-10-20(18-22)24(26,27)28)23-13-8-11-21(19-23)25(29,30)31/h7-8,10-13,18-19H,3-6,9,14-17H2,1-2H3. The van der Waals surface area contributed by atoms with Crippen LogP contribution in [-0.4, -0.2) is 24.6 Å². The van der Waals surface area contributed by atoms with Gasteiger partial charge in [0.25, 0.3) is 0 Å². The van der Waals surface area contributed by atoms with Crippen LogP contribution in [0.25, 0.3) is 0 Å². The first-order valence-electron chi connectivity index (χ1n) is 11.8. The molecule has 35 heavy (non-hydrogen) atoms. The van der Waals surface area contributed by atoms with Crippen LogP contribution in [0, 0.1) is 0 Å². The number of unbranched alkanes of at least 4 members (excludes halogenated alkanes) is 2. The van der Waals surface area contributed by atoms with Crippen molar-refractivity contribution >= 4 is 24.9 Å². The third-order valence-electron chi connectivity index (χ3n) is 6.06. The highest BCUT2D eigenvalue weighted by molar-refractivity contribution is 7.78. The van der Waals surface area contributed by atoms with E-state index in [1.807, 2.05) is 13.8 Å². The van der Waals surface area contributed by atoms with Crippen molar-refractivity contribution in [1.29, 1.82) is 0 Å². The lowest BCUT2D eigenvalue weighted by Gasteiger charge is -2.23. The van der Waals surface area contributed by atoms with Gasteiger partial charge in [-0.25, -0.2) is 0 Å². The van der Waals surface area contributed by atoms with Crippen LogP contribution in [-0.2, 0) is 21.5 Å². The number of alkyl halides is 6. The Labute approximate surface area is 203 Å². The molecule has 2 aromatic carbocycles. The summed E-state index contributed by atoms with van der Waals surface area (Å²) in [6.07, 6.45) is -4.70. The minimum Gasteiger partial charge on any atom is -0.324 e. The molecule has 0 unspecified atom stereocenters. The lowest BCUT2D eigenvalue weighted by atomic mass is 10.2. The van der Waals surface area contributed by atoms with Crippen molar-refractivity contribution in [2.24, 2.45) is 0 Å². The van der Waals surface area contributed by atoms with E-state index in [0.29, 0.717) is 12.3 Å². The first kappa shape index (κ1) is 29.7. The van der Waals surface area contributed by atoms with Crippen molar-refractivity contribution in [1.82, 2.24) is 0 Å². The predicted molar refractivity (Wildman–Crippen MR) is 131 cm³/mol. The van der Waals surface area contributed by atoms with Gasteiger partial charge >= 0.3 is 12.4 Å². The van der Waals surface area contributed by atoms with Crippen molar-refractivity contribution in [3.05, 3.63) is 59.7 Å². The first-order chi connectivity index (χ1) is 16.2. The van der Waals surface area contributed by atoms with Gasteiger partial charge in [-0.3, -0.25) is 0 Å². The number of hydrogen-bond donors (Lipinski definition) is 0. The molecule has 196 valence electrons. The SMILES string of the molecule is CCCCP(=O)(CCCC)CCCP(=O)(c1cccc(C(F)(F)F)c1)c1cccc(C(F)(F)F)c1. The molecule has 0 spiro atoms. The molecule has 0 N–H and O–H groups in total. The molecule has 0 aliphatic heterocycles. The van der Waals surface area contributed by atoms with Gasteiger partial charge in [0, 0.05) is 35.3 Å². The van der Waals surface area contributed by atoms with Crippen molar-refractivity contribution in [3.8, 4) is 0 Å². The molecule has 2 nitrogen and oxygen atoms in total. The van der Waals surface area contributed by atoms with E-state index in [4.69, 9.17) is 0 Å². The fraction of sp³-hybridized carbons (Fsp3) is 0.520. The van der Waals surface area contributed by atoms with Crippen LogP contribution in [0.1, 0.15) is 57.1 Å². The third-order valence-corrected chi connectivity index (χ3v) is 12.6. The largest absolute Gasteiger partial charge is 0.416 e. The van der Waals surface area contributed by atoms with E-state index in [1.165, 1.54) is 12.1 Å². The second-order valence-corrected chi connectivity index (χ2v) is 15.3. The highest BCUT2D eigenvalue weighted by Gasteiger charge is 2.36. The van der Waals surface area contributed by atoms with E-state index >= 15 is 0 Å². The molecule has 0 saturated carbocycles. The maximum atomic E-state index is 14.3. The molecule has 0 atom stereocenters. The van der Waals surface area contributed by atoms with E-state index in [0.717, 1.165) is 62.1 Å². The number of halogens is 6. The number of hydrogen-bond acceptors (Lipinski definition) is 2. The minimum atomic E-state index is -4.69. The average molecular weight is 540 g/mol. The van der Waals surface area contributed by atoms with Gasteiger partial charge < -0.3 is 9.13 Å². The summed E-state index contributed by atoms with van der Waals surface area (Å²) < 4.78 is 108.